The number of hydrogen-bond donors (Lipinski definition) is 2. The van der Waals surface area contributed by atoms with Crippen molar-refractivity contribution in [2.45, 2.75) is 17.7 Å². The Morgan fingerprint density at radius 3 is 2.60 bits per heavy atom. The highest BCUT2D eigenvalue weighted by Gasteiger charge is 2.23. The maximum Gasteiger partial charge on any atom is 0.242 e. The topological polar surface area (TPSA) is 58.2 Å². The Kier molecular flexibility index (Phi) is 5.25. The average Bonchev–Trinajstić information content (AvgIpc) is 2.44. The molecule has 1 saturated heterocycles. The minimum absolute atomic E-state index is 0.202. The molecule has 0 spiro atoms. The van der Waals surface area contributed by atoms with Gasteiger partial charge in [0.15, 0.2) is 5.82 Å². The van der Waals surface area contributed by atoms with Crippen LogP contribution in [0.25, 0.3) is 0 Å². The van der Waals surface area contributed by atoms with Crippen LogP contribution >= 0.6 is 23.2 Å². The lowest BCUT2D eigenvalue weighted by molar-refractivity contribution is 0.372. The lowest BCUT2D eigenvalue weighted by Crippen LogP contribution is -2.36. The summed E-state index contributed by atoms with van der Waals surface area (Å²) in [5, 5.41) is 2.53. The fourth-order valence-corrected chi connectivity index (χ4v) is 3.97. The SMILES string of the molecule is O=S(=O)(NCC1CCNCC1)c1ccc(Cl)c(F)c1Cl. The molecule has 0 aliphatic carbocycles. The smallest absolute Gasteiger partial charge is 0.242 e. The zero-order valence-electron chi connectivity index (χ0n) is 10.6. The molecule has 4 nitrogen and oxygen atoms in total. The van der Waals surface area contributed by atoms with E-state index in [-0.39, 0.29) is 15.8 Å². The minimum Gasteiger partial charge on any atom is -0.317 e. The number of rotatable bonds is 4. The highest BCUT2D eigenvalue weighted by atomic mass is 35.5. The van der Waals surface area contributed by atoms with Crippen LogP contribution in [-0.2, 0) is 10.0 Å². The Morgan fingerprint density at radius 2 is 1.95 bits per heavy atom. The molecule has 2 rings (SSSR count). The molecule has 0 saturated carbocycles. The number of benzene rings is 1. The zero-order chi connectivity index (χ0) is 14.8. The summed E-state index contributed by atoms with van der Waals surface area (Å²) in [6.45, 7) is 2.08. The van der Waals surface area contributed by atoms with E-state index in [0.29, 0.717) is 6.54 Å². The third-order valence-electron chi connectivity index (χ3n) is 3.31. The largest absolute Gasteiger partial charge is 0.317 e. The quantitative estimate of drug-likeness (QED) is 0.827. The fraction of sp³-hybridized carbons (Fsp3) is 0.500. The fourth-order valence-electron chi connectivity index (χ4n) is 2.11. The van der Waals surface area contributed by atoms with Gasteiger partial charge in [-0.15, -0.1) is 0 Å². The number of sulfonamides is 1. The van der Waals surface area contributed by atoms with E-state index in [0.717, 1.165) is 25.9 Å². The predicted octanol–water partition coefficient (Wildman–Crippen LogP) is 2.41. The van der Waals surface area contributed by atoms with Crippen LogP contribution in [0.1, 0.15) is 12.8 Å². The van der Waals surface area contributed by atoms with Gasteiger partial charge in [0.2, 0.25) is 10.0 Å². The first-order valence-electron chi connectivity index (χ1n) is 6.25. The van der Waals surface area contributed by atoms with E-state index in [4.69, 9.17) is 23.2 Å². The average molecular weight is 341 g/mol. The van der Waals surface area contributed by atoms with Gasteiger partial charge in [0, 0.05) is 6.54 Å². The van der Waals surface area contributed by atoms with E-state index in [2.05, 4.69) is 10.0 Å². The van der Waals surface area contributed by atoms with E-state index < -0.39 is 20.9 Å². The Balaban J connectivity index is 2.12. The van der Waals surface area contributed by atoms with Crippen molar-refractivity contribution in [2.75, 3.05) is 19.6 Å². The second-order valence-electron chi connectivity index (χ2n) is 4.72. The molecule has 0 radical (unpaired) electrons. The second-order valence-corrected chi connectivity index (χ2v) is 7.24. The first-order valence-corrected chi connectivity index (χ1v) is 8.49. The predicted molar refractivity (Wildman–Crippen MR) is 77.2 cm³/mol. The lowest BCUT2D eigenvalue weighted by Gasteiger charge is -2.22. The van der Waals surface area contributed by atoms with Gasteiger partial charge in [-0.05, 0) is 44.0 Å². The summed E-state index contributed by atoms with van der Waals surface area (Å²) in [5.41, 5.74) is 0. The zero-order valence-corrected chi connectivity index (χ0v) is 13.0. The lowest BCUT2D eigenvalue weighted by atomic mass is 9.99. The summed E-state index contributed by atoms with van der Waals surface area (Å²) in [6, 6.07) is 2.39. The number of piperidine rings is 1. The van der Waals surface area contributed by atoms with Gasteiger partial charge in [0.05, 0.1) is 10.0 Å². The molecule has 2 N–H and O–H groups in total. The first-order chi connectivity index (χ1) is 9.42. The molecule has 1 aliphatic rings. The molecule has 1 fully saturated rings. The highest BCUT2D eigenvalue weighted by Crippen LogP contribution is 2.29. The van der Waals surface area contributed by atoms with Gasteiger partial charge in [-0.3, -0.25) is 0 Å². The molecule has 112 valence electrons. The van der Waals surface area contributed by atoms with Crippen molar-refractivity contribution >= 4 is 33.2 Å². The molecular weight excluding hydrogens is 326 g/mol. The molecule has 1 aliphatic heterocycles. The summed E-state index contributed by atoms with van der Waals surface area (Å²) in [6.07, 6.45) is 1.82. The van der Waals surface area contributed by atoms with Crippen LogP contribution in [0.15, 0.2) is 17.0 Å². The maximum absolute atomic E-state index is 13.6. The first kappa shape index (κ1) is 16.0. The molecule has 20 heavy (non-hydrogen) atoms. The summed E-state index contributed by atoms with van der Waals surface area (Å²) in [5.74, 6) is -0.639. The Hall–Kier alpha value is -0.400. The van der Waals surface area contributed by atoms with Gasteiger partial charge in [0.1, 0.15) is 4.90 Å². The van der Waals surface area contributed by atoms with Gasteiger partial charge < -0.3 is 5.32 Å². The van der Waals surface area contributed by atoms with Crippen LogP contribution in [0.5, 0.6) is 0 Å². The minimum atomic E-state index is -3.83. The van der Waals surface area contributed by atoms with E-state index in [9.17, 15) is 12.8 Å². The summed E-state index contributed by atoms with van der Waals surface area (Å²) in [4.78, 5) is -0.282. The van der Waals surface area contributed by atoms with Crippen molar-refractivity contribution in [3.05, 3.63) is 28.0 Å². The summed E-state index contributed by atoms with van der Waals surface area (Å²) < 4.78 is 40.3. The number of halogens is 3. The van der Waals surface area contributed by atoms with Crippen LogP contribution in [0.2, 0.25) is 10.0 Å². The molecule has 0 amide bonds. The van der Waals surface area contributed by atoms with E-state index >= 15 is 0 Å². The van der Waals surface area contributed by atoms with Gasteiger partial charge in [-0.1, -0.05) is 23.2 Å². The summed E-state index contributed by atoms with van der Waals surface area (Å²) in [7, 11) is -3.83. The molecule has 1 aromatic rings. The number of hydrogen-bond acceptors (Lipinski definition) is 3. The molecule has 0 bridgehead atoms. The van der Waals surface area contributed by atoms with E-state index in [1.807, 2.05) is 0 Å². The molecular formula is C12H15Cl2FN2O2S. The summed E-state index contributed by atoms with van der Waals surface area (Å²) >= 11 is 11.3. The molecule has 1 heterocycles. The molecule has 0 aromatic heterocycles. The van der Waals surface area contributed by atoms with Crippen molar-refractivity contribution < 1.29 is 12.8 Å². The van der Waals surface area contributed by atoms with Gasteiger partial charge >= 0.3 is 0 Å². The van der Waals surface area contributed by atoms with Crippen LogP contribution in [0, 0.1) is 11.7 Å². The van der Waals surface area contributed by atoms with Crippen LogP contribution in [0.4, 0.5) is 4.39 Å². The van der Waals surface area contributed by atoms with Crippen molar-refractivity contribution in [2.24, 2.45) is 5.92 Å². The molecule has 0 unspecified atom stereocenters. The Morgan fingerprint density at radius 1 is 1.30 bits per heavy atom. The van der Waals surface area contributed by atoms with E-state index in [1.54, 1.807) is 0 Å². The molecule has 8 heteroatoms. The van der Waals surface area contributed by atoms with Crippen molar-refractivity contribution in [1.29, 1.82) is 0 Å². The van der Waals surface area contributed by atoms with Crippen molar-refractivity contribution in [3.8, 4) is 0 Å². The number of nitrogens with one attached hydrogen (secondary N) is 2. The highest BCUT2D eigenvalue weighted by molar-refractivity contribution is 7.89. The van der Waals surface area contributed by atoms with Crippen molar-refractivity contribution in [1.82, 2.24) is 10.0 Å². The van der Waals surface area contributed by atoms with Gasteiger partial charge in [0.25, 0.3) is 0 Å². The van der Waals surface area contributed by atoms with Gasteiger partial charge in [-0.25, -0.2) is 17.5 Å². The van der Waals surface area contributed by atoms with Crippen LogP contribution < -0.4 is 10.0 Å². The van der Waals surface area contributed by atoms with Gasteiger partial charge in [-0.2, -0.15) is 0 Å². The third-order valence-corrected chi connectivity index (χ3v) is 5.55. The molecule has 1 aromatic carbocycles. The molecule has 0 atom stereocenters. The maximum atomic E-state index is 13.6. The standard InChI is InChI=1S/C12H15Cl2FN2O2S/c13-9-1-2-10(11(14)12(9)15)20(18,19)17-7-8-3-5-16-6-4-8/h1-2,8,16-17H,3-7H2. The Bertz CT molecular complexity index is 589. The second kappa shape index (κ2) is 6.58. The Labute approximate surface area is 127 Å². The normalized spacial score (nSPS) is 17.4. The van der Waals surface area contributed by atoms with Crippen LogP contribution in [0.3, 0.4) is 0 Å². The van der Waals surface area contributed by atoms with E-state index in [1.165, 1.54) is 12.1 Å². The van der Waals surface area contributed by atoms with Crippen molar-refractivity contribution in [3.63, 3.8) is 0 Å². The third kappa shape index (κ3) is 3.62. The monoisotopic (exact) mass is 340 g/mol. The van der Waals surface area contributed by atoms with Crippen LogP contribution in [-0.4, -0.2) is 28.1 Å².